The molecule has 0 aliphatic rings. The lowest BCUT2D eigenvalue weighted by molar-refractivity contribution is 0.251. The summed E-state index contributed by atoms with van der Waals surface area (Å²) in [6, 6.07) is 10.9. The van der Waals surface area contributed by atoms with Crippen molar-refractivity contribution in [2.75, 3.05) is 11.9 Å². The Balaban J connectivity index is 1.60. The minimum atomic E-state index is -0.325. The van der Waals surface area contributed by atoms with Crippen molar-refractivity contribution < 1.29 is 4.79 Å². The van der Waals surface area contributed by atoms with Gasteiger partial charge in [-0.05, 0) is 49.2 Å². The number of hydrogen-bond acceptors (Lipinski definition) is 4. The Morgan fingerprint density at radius 1 is 1.15 bits per heavy atom. The molecule has 0 aliphatic heterocycles. The van der Waals surface area contributed by atoms with E-state index in [1.54, 1.807) is 25.4 Å². The Morgan fingerprint density at radius 2 is 1.89 bits per heavy atom. The quantitative estimate of drug-likeness (QED) is 0.723. The molecular weight excluding hydrogens is 344 g/mol. The van der Waals surface area contributed by atoms with Gasteiger partial charge < -0.3 is 10.6 Å². The number of benzene rings is 1. The van der Waals surface area contributed by atoms with Crippen LogP contribution >= 0.6 is 0 Å². The van der Waals surface area contributed by atoms with Crippen LogP contribution in [0.2, 0.25) is 0 Å². The van der Waals surface area contributed by atoms with Gasteiger partial charge in [-0.2, -0.15) is 0 Å². The summed E-state index contributed by atoms with van der Waals surface area (Å²) in [5.74, 6) is 0.486. The number of nitrogens with zero attached hydrogens (tertiary/aromatic N) is 4. The van der Waals surface area contributed by atoms with Gasteiger partial charge in [0, 0.05) is 25.5 Å². The Kier molecular flexibility index (Phi) is 5.35. The summed E-state index contributed by atoms with van der Waals surface area (Å²) in [6.07, 6.45) is 1.65. The van der Waals surface area contributed by atoms with E-state index in [-0.39, 0.29) is 24.8 Å². The normalized spacial score (nSPS) is 10.6. The number of pyridine rings is 1. The van der Waals surface area contributed by atoms with Crippen LogP contribution in [0.15, 0.2) is 47.4 Å². The average Bonchev–Trinajstić information content (AvgIpc) is 2.90. The molecule has 2 heterocycles. The molecule has 0 saturated carbocycles. The number of carbonyl (C=O) groups excluding carboxylic acids is 1. The topological polar surface area (TPSA) is 93.8 Å². The molecule has 27 heavy (non-hydrogen) atoms. The molecular formula is C19H22N6O2. The van der Waals surface area contributed by atoms with Crippen molar-refractivity contribution in [2.24, 2.45) is 7.05 Å². The van der Waals surface area contributed by atoms with Gasteiger partial charge in [0.15, 0.2) is 5.82 Å². The smallest absolute Gasteiger partial charge is 0.336 e. The number of urea groups is 1. The maximum atomic E-state index is 12.3. The Morgan fingerprint density at radius 3 is 2.56 bits per heavy atom. The van der Waals surface area contributed by atoms with E-state index in [1.165, 1.54) is 9.25 Å². The van der Waals surface area contributed by atoms with Gasteiger partial charge in [-0.15, -0.1) is 5.10 Å². The zero-order valence-corrected chi connectivity index (χ0v) is 15.6. The molecule has 140 valence electrons. The van der Waals surface area contributed by atoms with E-state index >= 15 is 0 Å². The Labute approximate surface area is 156 Å². The number of hydrogen-bond donors (Lipinski definition) is 2. The van der Waals surface area contributed by atoms with Gasteiger partial charge in [0.1, 0.15) is 5.69 Å². The number of nitrogens with one attached hydrogen (secondary N) is 2. The molecule has 0 fully saturated rings. The Hall–Kier alpha value is -3.42. The number of carbonyl (C=O) groups is 1. The molecule has 0 atom stereocenters. The van der Waals surface area contributed by atoms with E-state index in [9.17, 15) is 9.59 Å². The van der Waals surface area contributed by atoms with Gasteiger partial charge in [0.05, 0.1) is 6.54 Å². The summed E-state index contributed by atoms with van der Waals surface area (Å²) in [5, 5.41) is 9.85. The van der Waals surface area contributed by atoms with Gasteiger partial charge in [0.2, 0.25) is 0 Å². The maximum Gasteiger partial charge on any atom is 0.346 e. The monoisotopic (exact) mass is 366 g/mol. The molecule has 8 nitrogen and oxygen atoms in total. The maximum absolute atomic E-state index is 12.3. The van der Waals surface area contributed by atoms with Gasteiger partial charge in [-0.1, -0.05) is 12.1 Å². The third-order valence-corrected chi connectivity index (χ3v) is 4.02. The van der Waals surface area contributed by atoms with Crippen molar-refractivity contribution in [1.29, 1.82) is 0 Å². The minimum absolute atomic E-state index is 0.257. The highest BCUT2D eigenvalue weighted by molar-refractivity contribution is 5.89. The van der Waals surface area contributed by atoms with Crippen LogP contribution in [0.3, 0.4) is 0 Å². The predicted octanol–water partition coefficient (Wildman–Crippen LogP) is 2.08. The van der Waals surface area contributed by atoms with Gasteiger partial charge in [-0.3, -0.25) is 9.55 Å². The first-order valence-electron chi connectivity index (χ1n) is 8.62. The molecule has 0 spiro atoms. The van der Waals surface area contributed by atoms with Crippen molar-refractivity contribution in [1.82, 2.24) is 24.6 Å². The van der Waals surface area contributed by atoms with Crippen molar-refractivity contribution in [3.63, 3.8) is 0 Å². The van der Waals surface area contributed by atoms with Crippen molar-refractivity contribution in [2.45, 2.75) is 20.4 Å². The third-order valence-electron chi connectivity index (χ3n) is 4.02. The molecule has 0 unspecified atom stereocenters. The van der Waals surface area contributed by atoms with Crippen LogP contribution < -0.4 is 16.3 Å². The summed E-state index contributed by atoms with van der Waals surface area (Å²) in [6.45, 7) is 4.49. The highest BCUT2D eigenvalue weighted by Crippen LogP contribution is 2.13. The fraction of sp³-hybridized carbons (Fsp3) is 0.263. The lowest BCUT2D eigenvalue weighted by Gasteiger charge is -2.09. The number of amides is 2. The van der Waals surface area contributed by atoms with E-state index in [2.05, 4.69) is 20.7 Å². The van der Waals surface area contributed by atoms with Crippen LogP contribution in [0.25, 0.3) is 11.5 Å². The van der Waals surface area contributed by atoms with Crippen LogP contribution in [0, 0.1) is 13.8 Å². The zero-order chi connectivity index (χ0) is 19.4. The number of rotatable bonds is 5. The second-order valence-electron chi connectivity index (χ2n) is 6.36. The van der Waals surface area contributed by atoms with Crippen LogP contribution in [0.1, 0.15) is 11.1 Å². The summed E-state index contributed by atoms with van der Waals surface area (Å²) in [4.78, 5) is 28.6. The molecule has 8 heteroatoms. The standard InChI is InChI=1S/C19H22N6O2/c1-13-10-14(2)12-15(11-13)22-18(26)21-8-9-25-19(27)24(3)17(23-25)16-6-4-5-7-20-16/h4-7,10-12H,8-9H2,1-3H3,(H2,21,22,26). The first-order valence-corrected chi connectivity index (χ1v) is 8.62. The fourth-order valence-electron chi connectivity index (χ4n) is 2.85. The van der Waals surface area contributed by atoms with Crippen molar-refractivity contribution in [3.05, 3.63) is 64.2 Å². The molecule has 3 rings (SSSR count). The van der Waals surface area contributed by atoms with Gasteiger partial charge >= 0.3 is 11.7 Å². The third kappa shape index (κ3) is 4.41. The summed E-state index contributed by atoms with van der Waals surface area (Å²) >= 11 is 0. The van der Waals surface area contributed by atoms with Crippen LogP contribution in [0.5, 0.6) is 0 Å². The summed E-state index contributed by atoms with van der Waals surface area (Å²) in [5.41, 5.74) is 3.25. The summed E-state index contributed by atoms with van der Waals surface area (Å²) in [7, 11) is 1.65. The van der Waals surface area contributed by atoms with E-state index in [1.807, 2.05) is 38.1 Å². The van der Waals surface area contributed by atoms with Crippen molar-refractivity contribution in [3.8, 4) is 11.5 Å². The highest BCUT2D eigenvalue weighted by Gasteiger charge is 2.13. The van der Waals surface area contributed by atoms with E-state index in [0.717, 1.165) is 16.8 Å². The second-order valence-corrected chi connectivity index (χ2v) is 6.36. The number of aryl methyl sites for hydroxylation is 2. The lowest BCUT2D eigenvalue weighted by atomic mass is 10.1. The van der Waals surface area contributed by atoms with Gasteiger partial charge in [-0.25, -0.2) is 14.3 Å². The second kappa shape index (κ2) is 7.86. The minimum Gasteiger partial charge on any atom is -0.336 e. The van der Waals surface area contributed by atoms with Crippen molar-refractivity contribution >= 4 is 11.7 Å². The molecule has 3 aromatic rings. The average molecular weight is 366 g/mol. The van der Waals surface area contributed by atoms with Crippen LogP contribution in [-0.2, 0) is 13.6 Å². The first-order chi connectivity index (χ1) is 12.9. The highest BCUT2D eigenvalue weighted by atomic mass is 16.2. The molecule has 1 aromatic carbocycles. The molecule has 0 aliphatic carbocycles. The zero-order valence-electron chi connectivity index (χ0n) is 15.6. The first kappa shape index (κ1) is 18.4. The van der Waals surface area contributed by atoms with Gasteiger partial charge in [0.25, 0.3) is 0 Å². The largest absolute Gasteiger partial charge is 0.346 e. The number of anilines is 1. The molecule has 2 amide bonds. The van der Waals surface area contributed by atoms with E-state index < -0.39 is 0 Å². The van der Waals surface area contributed by atoms with E-state index in [4.69, 9.17) is 0 Å². The fourth-order valence-corrected chi connectivity index (χ4v) is 2.85. The lowest BCUT2D eigenvalue weighted by Crippen LogP contribution is -2.34. The Bertz CT molecular complexity index is 987. The SMILES string of the molecule is Cc1cc(C)cc(NC(=O)NCCn2nc(-c3ccccn3)n(C)c2=O)c1. The van der Waals surface area contributed by atoms with E-state index in [0.29, 0.717) is 11.5 Å². The van der Waals surface area contributed by atoms with Crippen LogP contribution in [-0.4, -0.2) is 31.9 Å². The molecule has 0 bridgehead atoms. The predicted molar refractivity (Wildman–Crippen MR) is 104 cm³/mol. The number of aromatic nitrogens is 4. The summed E-state index contributed by atoms with van der Waals surface area (Å²) < 4.78 is 2.76. The van der Waals surface area contributed by atoms with Crippen LogP contribution in [0.4, 0.5) is 10.5 Å². The molecule has 2 N–H and O–H groups in total. The molecule has 0 radical (unpaired) electrons. The molecule has 0 saturated heterocycles. The molecule has 2 aromatic heterocycles.